The Balaban J connectivity index is 1.75. The van der Waals surface area contributed by atoms with Gasteiger partial charge in [0, 0.05) is 0 Å². The first-order valence-corrected chi connectivity index (χ1v) is 6.33. The molecule has 3 rings (SSSR count). The second-order valence-corrected chi connectivity index (χ2v) is 5.21. The van der Waals surface area contributed by atoms with Crippen LogP contribution in [0.1, 0.15) is 51.4 Å². The van der Waals surface area contributed by atoms with Gasteiger partial charge < -0.3 is 0 Å². The van der Waals surface area contributed by atoms with Gasteiger partial charge in [0.25, 0.3) is 0 Å². The lowest BCUT2D eigenvalue weighted by Crippen LogP contribution is -2.16. The normalized spacial score (nSPS) is 32.7. The van der Waals surface area contributed by atoms with Crippen LogP contribution in [0.3, 0.4) is 0 Å². The Morgan fingerprint density at radius 2 is 1.86 bits per heavy atom. The minimum atomic E-state index is 0.962. The van der Waals surface area contributed by atoms with Crippen molar-refractivity contribution in [3.63, 3.8) is 0 Å². The second kappa shape index (κ2) is 3.56. The van der Waals surface area contributed by atoms with Crippen molar-refractivity contribution in [2.75, 3.05) is 0 Å². The molecular weight excluding hydrogens is 168 g/mol. The van der Waals surface area contributed by atoms with Crippen molar-refractivity contribution in [3.8, 4) is 0 Å². The van der Waals surface area contributed by atoms with E-state index in [9.17, 15) is 0 Å². The zero-order valence-corrected chi connectivity index (χ0v) is 8.97. The molecule has 0 saturated heterocycles. The fourth-order valence-electron chi connectivity index (χ4n) is 3.71. The van der Waals surface area contributed by atoms with Gasteiger partial charge in [0.2, 0.25) is 0 Å². The molecule has 3 aliphatic rings. The van der Waals surface area contributed by atoms with Gasteiger partial charge in [-0.1, -0.05) is 37.0 Å². The Morgan fingerprint density at radius 1 is 1.00 bits per heavy atom. The molecule has 0 aromatic carbocycles. The molecule has 1 saturated carbocycles. The maximum absolute atomic E-state index is 2.43. The van der Waals surface area contributed by atoms with E-state index in [2.05, 4.69) is 12.2 Å². The third kappa shape index (κ3) is 1.36. The van der Waals surface area contributed by atoms with Crippen molar-refractivity contribution < 1.29 is 0 Å². The zero-order valence-electron chi connectivity index (χ0n) is 8.97. The molecule has 0 bridgehead atoms. The second-order valence-electron chi connectivity index (χ2n) is 5.21. The minimum Gasteiger partial charge on any atom is -0.0802 e. The van der Waals surface area contributed by atoms with Gasteiger partial charge in [-0.25, -0.2) is 0 Å². The lowest BCUT2D eigenvalue weighted by Gasteiger charge is -2.28. The van der Waals surface area contributed by atoms with E-state index < -0.39 is 0 Å². The molecule has 14 heavy (non-hydrogen) atoms. The topological polar surface area (TPSA) is 0 Å². The minimum absolute atomic E-state index is 0.962. The lowest BCUT2D eigenvalue weighted by atomic mass is 9.77. The van der Waals surface area contributed by atoms with Crippen LogP contribution >= 0.6 is 0 Å². The Hall–Kier alpha value is -0.520. The SMILES string of the molecule is C1=CC2=C(C1)CCC2C1CCCCC1. The molecule has 0 nitrogen and oxygen atoms in total. The predicted octanol–water partition coefficient (Wildman–Crippen LogP) is 4.23. The molecule has 1 unspecified atom stereocenters. The molecule has 0 heterocycles. The van der Waals surface area contributed by atoms with Crippen LogP contribution in [0.2, 0.25) is 0 Å². The van der Waals surface area contributed by atoms with Crippen molar-refractivity contribution in [2.45, 2.75) is 51.4 Å². The standard InChI is InChI=1S/C14H20/c1-2-5-11(6-3-1)14-10-9-12-7-4-8-13(12)14/h4,8,11,14H,1-3,5-7,9-10H2. The molecule has 1 atom stereocenters. The van der Waals surface area contributed by atoms with Crippen LogP contribution < -0.4 is 0 Å². The van der Waals surface area contributed by atoms with Crippen LogP contribution in [-0.4, -0.2) is 0 Å². The highest BCUT2D eigenvalue weighted by atomic mass is 14.4. The van der Waals surface area contributed by atoms with Gasteiger partial charge in [0.15, 0.2) is 0 Å². The van der Waals surface area contributed by atoms with Crippen LogP contribution in [0.15, 0.2) is 23.3 Å². The summed E-state index contributed by atoms with van der Waals surface area (Å²) in [7, 11) is 0. The molecule has 0 aliphatic heterocycles. The van der Waals surface area contributed by atoms with E-state index in [0.717, 1.165) is 11.8 Å². The molecule has 0 aromatic rings. The zero-order chi connectivity index (χ0) is 9.38. The predicted molar refractivity (Wildman–Crippen MR) is 60.1 cm³/mol. The molecular formula is C14H20. The first kappa shape index (κ1) is 8.76. The molecule has 1 fully saturated rings. The summed E-state index contributed by atoms with van der Waals surface area (Å²) >= 11 is 0. The largest absolute Gasteiger partial charge is 0.0802 e. The highest BCUT2D eigenvalue weighted by Gasteiger charge is 2.32. The van der Waals surface area contributed by atoms with E-state index >= 15 is 0 Å². The van der Waals surface area contributed by atoms with E-state index in [1.54, 1.807) is 11.1 Å². The van der Waals surface area contributed by atoms with Crippen molar-refractivity contribution in [1.82, 2.24) is 0 Å². The quantitative estimate of drug-likeness (QED) is 0.577. The number of allylic oxidation sites excluding steroid dienone is 4. The van der Waals surface area contributed by atoms with E-state index in [4.69, 9.17) is 0 Å². The van der Waals surface area contributed by atoms with E-state index in [-0.39, 0.29) is 0 Å². The molecule has 0 radical (unpaired) electrons. The maximum atomic E-state index is 2.43. The fraction of sp³-hybridized carbons (Fsp3) is 0.714. The fourth-order valence-corrected chi connectivity index (χ4v) is 3.71. The Bertz CT molecular complexity index is 276. The monoisotopic (exact) mass is 188 g/mol. The van der Waals surface area contributed by atoms with Crippen LogP contribution in [-0.2, 0) is 0 Å². The van der Waals surface area contributed by atoms with E-state index in [1.165, 1.54) is 51.4 Å². The van der Waals surface area contributed by atoms with Gasteiger partial charge in [-0.15, -0.1) is 0 Å². The van der Waals surface area contributed by atoms with Crippen LogP contribution in [0.4, 0.5) is 0 Å². The van der Waals surface area contributed by atoms with Gasteiger partial charge in [0.05, 0.1) is 0 Å². The smallest absolute Gasteiger partial charge is 0.0130 e. The highest BCUT2D eigenvalue weighted by molar-refractivity contribution is 5.39. The first-order chi connectivity index (χ1) is 6.95. The van der Waals surface area contributed by atoms with Gasteiger partial charge in [-0.3, -0.25) is 0 Å². The summed E-state index contributed by atoms with van der Waals surface area (Å²) < 4.78 is 0. The van der Waals surface area contributed by atoms with Crippen LogP contribution in [0, 0.1) is 11.8 Å². The third-order valence-corrected chi connectivity index (χ3v) is 4.45. The Labute approximate surface area is 87.1 Å². The van der Waals surface area contributed by atoms with Crippen molar-refractivity contribution >= 4 is 0 Å². The van der Waals surface area contributed by atoms with Crippen molar-refractivity contribution in [2.24, 2.45) is 11.8 Å². The average Bonchev–Trinajstić information content (AvgIpc) is 2.79. The molecule has 76 valence electrons. The number of hydrogen-bond acceptors (Lipinski definition) is 0. The van der Waals surface area contributed by atoms with E-state index in [1.807, 2.05) is 0 Å². The molecule has 3 aliphatic carbocycles. The third-order valence-electron chi connectivity index (χ3n) is 4.45. The van der Waals surface area contributed by atoms with Crippen LogP contribution in [0.25, 0.3) is 0 Å². The molecule has 0 heteroatoms. The van der Waals surface area contributed by atoms with Crippen LogP contribution in [0.5, 0.6) is 0 Å². The summed E-state index contributed by atoms with van der Waals surface area (Å²) in [6.45, 7) is 0. The Morgan fingerprint density at radius 3 is 2.71 bits per heavy atom. The average molecular weight is 188 g/mol. The van der Waals surface area contributed by atoms with Crippen molar-refractivity contribution in [1.29, 1.82) is 0 Å². The highest BCUT2D eigenvalue weighted by Crippen LogP contribution is 2.46. The summed E-state index contributed by atoms with van der Waals surface area (Å²) in [5.74, 6) is 2.00. The number of hydrogen-bond donors (Lipinski definition) is 0. The summed E-state index contributed by atoms with van der Waals surface area (Å²) in [4.78, 5) is 0. The molecule has 0 amide bonds. The molecule has 0 aromatic heterocycles. The number of rotatable bonds is 1. The van der Waals surface area contributed by atoms with Gasteiger partial charge in [0.1, 0.15) is 0 Å². The summed E-state index contributed by atoms with van der Waals surface area (Å²) in [5.41, 5.74) is 3.54. The van der Waals surface area contributed by atoms with Crippen molar-refractivity contribution in [3.05, 3.63) is 23.3 Å². The molecule has 0 N–H and O–H groups in total. The van der Waals surface area contributed by atoms with E-state index in [0.29, 0.717) is 0 Å². The lowest BCUT2D eigenvalue weighted by molar-refractivity contribution is 0.278. The van der Waals surface area contributed by atoms with Gasteiger partial charge in [-0.2, -0.15) is 0 Å². The maximum Gasteiger partial charge on any atom is -0.0130 e. The summed E-state index contributed by atoms with van der Waals surface area (Å²) in [6, 6.07) is 0. The summed E-state index contributed by atoms with van der Waals surface area (Å²) in [5, 5.41) is 0. The first-order valence-electron chi connectivity index (χ1n) is 6.33. The van der Waals surface area contributed by atoms with Gasteiger partial charge in [-0.05, 0) is 49.5 Å². The van der Waals surface area contributed by atoms with Gasteiger partial charge >= 0.3 is 0 Å². The molecule has 0 spiro atoms. The Kier molecular flexibility index (Phi) is 2.23. The summed E-state index contributed by atoms with van der Waals surface area (Å²) in [6.07, 6.45) is 16.5.